The van der Waals surface area contributed by atoms with Crippen LogP contribution in [0, 0.1) is 32.4 Å². The molecule has 4 N–H and O–H groups in total. The SMILES string of the molecule is CC(=O)C[C@H](NC(=O)c1ccc(-c2ccc(F)c(F)c2)cc1NC(=O)Nc1c(C)cc(C)cc1C)C(=O)O. The van der Waals surface area contributed by atoms with Gasteiger partial charge in [-0.15, -0.1) is 0 Å². The second-order valence-electron chi connectivity index (χ2n) is 9.01. The molecule has 198 valence electrons. The van der Waals surface area contributed by atoms with Gasteiger partial charge in [-0.25, -0.2) is 18.4 Å². The number of anilines is 2. The van der Waals surface area contributed by atoms with Crippen LogP contribution in [0.2, 0.25) is 0 Å². The largest absolute Gasteiger partial charge is 0.480 e. The number of aliphatic carboxylic acids is 1. The maximum Gasteiger partial charge on any atom is 0.326 e. The summed E-state index contributed by atoms with van der Waals surface area (Å²) in [6.07, 6.45) is -0.427. The average Bonchev–Trinajstić information content (AvgIpc) is 2.82. The second-order valence-corrected chi connectivity index (χ2v) is 9.01. The maximum atomic E-state index is 13.9. The third-order valence-corrected chi connectivity index (χ3v) is 5.78. The molecule has 0 aliphatic carbocycles. The minimum atomic E-state index is -1.48. The van der Waals surface area contributed by atoms with Crippen LogP contribution in [0.25, 0.3) is 11.1 Å². The van der Waals surface area contributed by atoms with Crippen molar-refractivity contribution >= 4 is 35.1 Å². The zero-order valence-corrected chi connectivity index (χ0v) is 21.2. The van der Waals surface area contributed by atoms with Crippen molar-refractivity contribution in [1.29, 1.82) is 0 Å². The molecule has 0 bridgehead atoms. The van der Waals surface area contributed by atoms with Gasteiger partial charge in [0.2, 0.25) is 0 Å². The van der Waals surface area contributed by atoms with Crippen LogP contribution in [0.4, 0.5) is 25.0 Å². The monoisotopic (exact) mass is 523 g/mol. The van der Waals surface area contributed by atoms with Gasteiger partial charge in [0.25, 0.3) is 5.91 Å². The molecule has 1 atom stereocenters. The molecule has 38 heavy (non-hydrogen) atoms. The predicted molar refractivity (Wildman–Crippen MR) is 139 cm³/mol. The van der Waals surface area contributed by atoms with Gasteiger partial charge in [-0.3, -0.25) is 9.59 Å². The number of nitrogens with one attached hydrogen (secondary N) is 3. The number of ketones is 1. The Morgan fingerprint density at radius 2 is 1.45 bits per heavy atom. The lowest BCUT2D eigenvalue weighted by Crippen LogP contribution is -2.42. The molecule has 10 heteroatoms. The molecule has 0 fully saturated rings. The highest BCUT2D eigenvalue weighted by Crippen LogP contribution is 2.28. The summed E-state index contributed by atoms with van der Waals surface area (Å²) in [5, 5.41) is 17.0. The molecule has 0 heterocycles. The van der Waals surface area contributed by atoms with Crippen LogP contribution in [0.5, 0.6) is 0 Å². The third-order valence-electron chi connectivity index (χ3n) is 5.78. The van der Waals surface area contributed by atoms with Crippen molar-refractivity contribution in [2.75, 3.05) is 10.6 Å². The number of halogens is 2. The lowest BCUT2D eigenvalue weighted by Gasteiger charge is -2.18. The lowest BCUT2D eigenvalue weighted by molar-refractivity contribution is -0.140. The van der Waals surface area contributed by atoms with Gasteiger partial charge >= 0.3 is 12.0 Å². The Kier molecular flexibility index (Phi) is 8.57. The van der Waals surface area contributed by atoms with Crippen LogP contribution < -0.4 is 16.0 Å². The van der Waals surface area contributed by atoms with Gasteiger partial charge in [0.15, 0.2) is 11.6 Å². The van der Waals surface area contributed by atoms with E-state index in [1.54, 1.807) is 0 Å². The van der Waals surface area contributed by atoms with E-state index in [0.717, 1.165) is 28.8 Å². The fourth-order valence-electron chi connectivity index (χ4n) is 4.07. The summed E-state index contributed by atoms with van der Waals surface area (Å²) in [6, 6.07) is 9.03. The molecule has 3 rings (SSSR count). The normalized spacial score (nSPS) is 11.4. The number of carbonyl (C=O) groups is 4. The Morgan fingerprint density at radius 3 is 2.03 bits per heavy atom. The minimum absolute atomic E-state index is 0.0170. The summed E-state index contributed by atoms with van der Waals surface area (Å²) in [6.45, 7) is 6.79. The van der Waals surface area contributed by atoms with Gasteiger partial charge in [-0.05, 0) is 74.2 Å². The van der Waals surface area contributed by atoms with Crippen LogP contribution >= 0.6 is 0 Å². The Balaban J connectivity index is 1.99. The molecular weight excluding hydrogens is 496 g/mol. The van der Waals surface area contributed by atoms with Crippen LogP contribution in [-0.2, 0) is 9.59 Å². The lowest BCUT2D eigenvalue weighted by atomic mass is 10.0. The maximum absolute atomic E-state index is 13.9. The first-order chi connectivity index (χ1) is 17.8. The summed E-state index contributed by atoms with van der Waals surface area (Å²) in [4.78, 5) is 49.0. The van der Waals surface area contributed by atoms with E-state index >= 15 is 0 Å². The summed E-state index contributed by atoms with van der Waals surface area (Å²) >= 11 is 0. The molecule has 0 saturated carbocycles. The van der Waals surface area contributed by atoms with E-state index in [-0.39, 0.29) is 16.8 Å². The average molecular weight is 524 g/mol. The molecule has 0 aliphatic rings. The third kappa shape index (κ3) is 6.78. The standard InChI is InChI=1S/C28H27F2N3O5/c1-14-9-15(2)25(16(3)10-14)33-28(38)32-23-13-19(18-6-8-21(29)22(30)12-18)5-7-20(23)26(35)31-24(27(36)37)11-17(4)34/h5-10,12-13,24H,11H2,1-4H3,(H,31,35)(H,36,37)(H2,32,33,38)/t24-/m0/s1. The highest BCUT2D eigenvalue weighted by molar-refractivity contribution is 6.08. The molecule has 8 nitrogen and oxygen atoms in total. The Hall–Kier alpha value is -4.60. The first-order valence-electron chi connectivity index (χ1n) is 11.6. The molecule has 3 aromatic rings. The van der Waals surface area contributed by atoms with Gasteiger partial charge in [0.1, 0.15) is 11.8 Å². The van der Waals surface area contributed by atoms with E-state index in [4.69, 9.17) is 0 Å². The Morgan fingerprint density at radius 1 is 0.842 bits per heavy atom. The zero-order valence-electron chi connectivity index (χ0n) is 21.2. The van der Waals surface area contributed by atoms with Gasteiger partial charge < -0.3 is 21.1 Å². The van der Waals surface area contributed by atoms with Crippen molar-refractivity contribution in [3.63, 3.8) is 0 Å². The molecule has 0 spiro atoms. The van der Waals surface area contributed by atoms with Gasteiger partial charge in [-0.2, -0.15) is 0 Å². The van der Waals surface area contributed by atoms with Crippen LogP contribution in [0.1, 0.15) is 40.4 Å². The smallest absolute Gasteiger partial charge is 0.326 e. The predicted octanol–water partition coefficient (Wildman–Crippen LogP) is 5.36. The van der Waals surface area contributed by atoms with Crippen LogP contribution in [0.3, 0.4) is 0 Å². The molecule has 0 aliphatic heterocycles. The minimum Gasteiger partial charge on any atom is -0.480 e. The van der Waals surface area contributed by atoms with Crippen molar-refractivity contribution in [2.45, 2.75) is 40.2 Å². The zero-order chi connectivity index (χ0) is 28.1. The Labute approximate surface area is 218 Å². The first kappa shape index (κ1) is 28.0. The van der Waals surface area contributed by atoms with E-state index in [1.807, 2.05) is 32.9 Å². The number of Topliss-reactive ketones (excluding diaryl/α,β-unsaturated/α-hetero) is 1. The van der Waals surface area contributed by atoms with Crippen LogP contribution in [0.15, 0.2) is 48.5 Å². The number of benzene rings is 3. The highest BCUT2D eigenvalue weighted by atomic mass is 19.2. The van der Waals surface area contributed by atoms with Gasteiger partial charge in [-0.1, -0.05) is 29.8 Å². The Bertz CT molecular complexity index is 1410. The number of carboxylic acid groups (broad SMARTS) is 1. The van der Waals surface area contributed by atoms with Crippen molar-refractivity contribution in [3.8, 4) is 11.1 Å². The fourth-order valence-corrected chi connectivity index (χ4v) is 4.07. The molecule has 3 amide bonds. The van der Waals surface area contributed by atoms with E-state index in [1.165, 1.54) is 31.2 Å². The molecule has 0 radical (unpaired) electrons. The summed E-state index contributed by atoms with van der Waals surface area (Å²) < 4.78 is 27.3. The fraction of sp³-hybridized carbons (Fsp3) is 0.214. The van der Waals surface area contributed by atoms with E-state index in [9.17, 15) is 33.1 Å². The van der Waals surface area contributed by atoms with Gasteiger partial charge in [0, 0.05) is 12.1 Å². The summed E-state index contributed by atoms with van der Waals surface area (Å²) in [5.74, 6) is -4.79. The van der Waals surface area contributed by atoms with Crippen molar-refractivity contribution in [1.82, 2.24) is 5.32 Å². The molecule has 0 saturated heterocycles. The molecular formula is C28H27F2N3O5. The molecule has 0 aromatic heterocycles. The second kappa shape index (κ2) is 11.6. The number of urea groups is 1. The number of hydrogen-bond acceptors (Lipinski definition) is 4. The first-order valence-corrected chi connectivity index (χ1v) is 11.6. The van der Waals surface area contributed by atoms with Crippen LogP contribution in [-0.4, -0.2) is 34.8 Å². The number of carbonyl (C=O) groups excluding carboxylic acids is 3. The number of aryl methyl sites for hydroxylation is 3. The molecule has 0 unspecified atom stereocenters. The number of rotatable bonds is 8. The number of carboxylic acids is 1. The van der Waals surface area contributed by atoms with Gasteiger partial charge in [0.05, 0.1) is 11.3 Å². The van der Waals surface area contributed by atoms with Crippen molar-refractivity contribution < 1.29 is 33.1 Å². The number of hydrogen-bond donors (Lipinski definition) is 4. The number of amides is 3. The summed E-state index contributed by atoms with van der Waals surface area (Å²) in [5.41, 5.74) is 3.75. The summed E-state index contributed by atoms with van der Waals surface area (Å²) in [7, 11) is 0. The quantitative estimate of drug-likeness (QED) is 0.316. The van der Waals surface area contributed by atoms with E-state index < -0.39 is 47.8 Å². The van der Waals surface area contributed by atoms with Crippen molar-refractivity contribution in [3.05, 3.63) is 82.4 Å². The van der Waals surface area contributed by atoms with E-state index in [0.29, 0.717) is 11.3 Å². The van der Waals surface area contributed by atoms with E-state index in [2.05, 4.69) is 16.0 Å². The molecule has 3 aromatic carbocycles. The topological polar surface area (TPSA) is 125 Å². The van der Waals surface area contributed by atoms with Crippen molar-refractivity contribution in [2.24, 2.45) is 0 Å². The highest BCUT2D eigenvalue weighted by Gasteiger charge is 2.24.